The molecule has 198 valence electrons. The molecule has 0 saturated carbocycles. The van der Waals surface area contributed by atoms with Gasteiger partial charge in [0.2, 0.25) is 11.8 Å². The normalized spacial score (nSPS) is 19.7. The van der Waals surface area contributed by atoms with E-state index in [2.05, 4.69) is 15.8 Å². The monoisotopic (exact) mass is 527 g/mol. The summed E-state index contributed by atoms with van der Waals surface area (Å²) in [6, 6.07) is 18.3. The van der Waals surface area contributed by atoms with Crippen molar-refractivity contribution in [1.82, 2.24) is 15.6 Å². The van der Waals surface area contributed by atoms with E-state index in [4.69, 9.17) is 10.5 Å². The Bertz CT molecular complexity index is 1140. The average molecular weight is 528 g/mol. The molecule has 0 radical (unpaired) electrons. The van der Waals surface area contributed by atoms with Gasteiger partial charge in [0.15, 0.2) is 0 Å². The molecule has 0 unspecified atom stereocenters. The van der Waals surface area contributed by atoms with Gasteiger partial charge in [-0.2, -0.15) is 5.10 Å². The van der Waals surface area contributed by atoms with Crippen LogP contribution in [0.5, 0.6) is 0 Å². The first-order chi connectivity index (χ1) is 17.2. The van der Waals surface area contributed by atoms with Crippen molar-refractivity contribution in [2.75, 3.05) is 19.7 Å². The van der Waals surface area contributed by atoms with Crippen molar-refractivity contribution >= 4 is 35.8 Å². The molecule has 2 aliphatic heterocycles. The third-order valence-corrected chi connectivity index (χ3v) is 6.60. The number of hydrogen-bond donors (Lipinski definition) is 3. The summed E-state index contributed by atoms with van der Waals surface area (Å²) >= 11 is 0. The van der Waals surface area contributed by atoms with Gasteiger partial charge in [-0.15, -0.1) is 12.4 Å². The molecule has 0 spiro atoms. The zero-order valence-corrected chi connectivity index (χ0v) is 21.9. The second-order valence-electron chi connectivity index (χ2n) is 10.0. The molecule has 4 N–H and O–H groups in total. The van der Waals surface area contributed by atoms with Crippen LogP contribution in [0.25, 0.3) is 0 Å². The Balaban J connectivity index is 0.00000380. The molecule has 0 aromatic heterocycles. The van der Waals surface area contributed by atoms with Crippen molar-refractivity contribution in [1.29, 1.82) is 0 Å². The highest BCUT2D eigenvalue weighted by Crippen LogP contribution is 2.35. The number of likely N-dealkylation sites (tertiary alicyclic amines) is 1. The van der Waals surface area contributed by atoms with Crippen molar-refractivity contribution < 1.29 is 19.1 Å². The van der Waals surface area contributed by atoms with Gasteiger partial charge in [-0.3, -0.25) is 14.4 Å². The fourth-order valence-corrected chi connectivity index (χ4v) is 4.55. The van der Waals surface area contributed by atoms with E-state index in [1.807, 2.05) is 60.7 Å². The van der Waals surface area contributed by atoms with Crippen LogP contribution in [-0.2, 0) is 32.1 Å². The zero-order chi connectivity index (χ0) is 25.8. The van der Waals surface area contributed by atoms with Gasteiger partial charge < -0.3 is 20.7 Å². The number of ether oxygens (including phenoxy) is 1. The Morgan fingerprint density at radius 1 is 1.14 bits per heavy atom. The van der Waals surface area contributed by atoms with E-state index >= 15 is 0 Å². The Hall–Kier alpha value is -3.27. The molecule has 2 atom stereocenters. The van der Waals surface area contributed by atoms with Crippen LogP contribution in [0.3, 0.4) is 0 Å². The van der Waals surface area contributed by atoms with Crippen molar-refractivity contribution in [3.8, 4) is 0 Å². The van der Waals surface area contributed by atoms with E-state index in [0.29, 0.717) is 26.0 Å². The van der Waals surface area contributed by atoms with Crippen molar-refractivity contribution in [3.63, 3.8) is 0 Å². The largest absolute Gasteiger partial charge is 0.374 e. The van der Waals surface area contributed by atoms with Gasteiger partial charge in [-0.1, -0.05) is 60.7 Å². The van der Waals surface area contributed by atoms with Gasteiger partial charge in [0.05, 0.1) is 24.5 Å². The summed E-state index contributed by atoms with van der Waals surface area (Å²) in [5.74, 6) is -0.990. The number of carbonyl (C=O) groups is 3. The number of hydrazone groups is 1. The third-order valence-electron chi connectivity index (χ3n) is 6.60. The van der Waals surface area contributed by atoms with Crippen LogP contribution in [-0.4, -0.2) is 59.6 Å². The molecule has 4 rings (SSSR count). The quantitative estimate of drug-likeness (QED) is 0.458. The van der Waals surface area contributed by atoms with E-state index in [1.54, 1.807) is 18.7 Å². The molecule has 2 aromatic carbocycles. The van der Waals surface area contributed by atoms with Crippen LogP contribution >= 0.6 is 12.4 Å². The number of amides is 3. The molecular weight excluding hydrogens is 494 g/mol. The number of rotatable bonds is 9. The van der Waals surface area contributed by atoms with Crippen molar-refractivity contribution in [2.45, 2.75) is 44.9 Å². The first-order valence-corrected chi connectivity index (χ1v) is 12.1. The number of piperidine rings is 1. The van der Waals surface area contributed by atoms with E-state index in [1.165, 1.54) is 0 Å². The van der Waals surface area contributed by atoms with E-state index in [0.717, 1.165) is 16.8 Å². The van der Waals surface area contributed by atoms with Crippen LogP contribution in [0.4, 0.5) is 0 Å². The number of benzene rings is 2. The standard InChI is InChI=1S/C27H33N5O4.ClH/c1-26(2,28)24(34)29-21(17-36-16-20-11-7-4-8-12-20)23(33)32-14-13-22-27(18-32,25(35)31-30-22)15-19-9-5-3-6-10-19;/h3-12,21H,13-18,28H2,1-2H3,(H,29,34)(H,31,35);1H/t21-,27+;/m1./s1. The van der Waals surface area contributed by atoms with E-state index in [9.17, 15) is 14.4 Å². The smallest absolute Gasteiger partial charge is 0.254 e. The van der Waals surface area contributed by atoms with Crippen LogP contribution in [0, 0.1) is 5.41 Å². The fourth-order valence-electron chi connectivity index (χ4n) is 4.55. The summed E-state index contributed by atoms with van der Waals surface area (Å²) in [5.41, 5.74) is 9.17. The number of nitrogens with zero attached hydrogens (tertiary/aromatic N) is 2. The van der Waals surface area contributed by atoms with Crippen molar-refractivity contribution in [2.24, 2.45) is 16.3 Å². The van der Waals surface area contributed by atoms with Gasteiger partial charge in [0.25, 0.3) is 5.91 Å². The van der Waals surface area contributed by atoms with Crippen LogP contribution in [0.15, 0.2) is 65.8 Å². The van der Waals surface area contributed by atoms with Gasteiger partial charge in [-0.25, -0.2) is 5.43 Å². The zero-order valence-electron chi connectivity index (χ0n) is 21.1. The maximum Gasteiger partial charge on any atom is 0.254 e. The second-order valence-corrected chi connectivity index (χ2v) is 10.0. The molecule has 0 bridgehead atoms. The Labute approximate surface area is 223 Å². The molecule has 0 aliphatic carbocycles. The number of nitrogens with two attached hydrogens (primary N) is 1. The van der Waals surface area contributed by atoms with Gasteiger partial charge in [0, 0.05) is 19.5 Å². The van der Waals surface area contributed by atoms with Crippen molar-refractivity contribution in [3.05, 3.63) is 71.8 Å². The number of fused-ring (bicyclic) bond motifs is 1. The predicted octanol–water partition coefficient (Wildman–Crippen LogP) is 1.79. The molecule has 1 saturated heterocycles. The topological polar surface area (TPSA) is 126 Å². The van der Waals surface area contributed by atoms with Crippen LogP contribution in [0.1, 0.15) is 31.4 Å². The Morgan fingerprint density at radius 2 is 1.76 bits per heavy atom. The molecular formula is C27H34ClN5O4. The molecule has 9 nitrogen and oxygen atoms in total. The highest BCUT2D eigenvalue weighted by atomic mass is 35.5. The number of halogens is 1. The number of carbonyl (C=O) groups excluding carboxylic acids is 3. The predicted molar refractivity (Wildman–Crippen MR) is 143 cm³/mol. The lowest BCUT2D eigenvalue weighted by molar-refractivity contribution is -0.142. The SMILES string of the molecule is CC(C)(N)C(=O)N[C@H](COCc1ccccc1)C(=O)N1CCC2=NNC(=O)[C@@]2(Cc2ccccc2)C1.Cl. The van der Waals surface area contributed by atoms with E-state index < -0.39 is 22.9 Å². The minimum atomic E-state index is -1.17. The molecule has 37 heavy (non-hydrogen) atoms. The number of nitrogens with one attached hydrogen (secondary N) is 2. The summed E-state index contributed by atoms with van der Waals surface area (Å²) in [5, 5.41) is 7.04. The molecule has 2 aliphatic rings. The minimum absolute atomic E-state index is 0. The van der Waals surface area contributed by atoms with Crippen LogP contribution < -0.4 is 16.5 Å². The molecule has 1 fully saturated rings. The maximum atomic E-state index is 13.7. The van der Waals surface area contributed by atoms with Gasteiger partial charge in [0.1, 0.15) is 11.5 Å². The van der Waals surface area contributed by atoms with E-state index in [-0.39, 0.29) is 37.4 Å². The second kappa shape index (κ2) is 11.9. The molecule has 10 heteroatoms. The summed E-state index contributed by atoms with van der Waals surface area (Å²) in [7, 11) is 0. The van der Waals surface area contributed by atoms with Crippen LogP contribution in [0.2, 0.25) is 0 Å². The van der Waals surface area contributed by atoms with Gasteiger partial charge in [-0.05, 0) is 31.4 Å². The molecule has 2 heterocycles. The summed E-state index contributed by atoms with van der Waals surface area (Å²) < 4.78 is 5.83. The molecule has 2 aromatic rings. The average Bonchev–Trinajstić information content (AvgIpc) is 3.18. The minimum Gasteiger partial charge on any atom is -0.374 e. The first-order valence-electron chi connectivity index (χ1n) is 12.1. The Kier molecular flexibility index (Phi) is 9.07. The fraction of sp³-hybridized carbons (Fsp3) is 0.407. The third kappa shape index (κ3) is 6.54. The number of hydrogen-bond acceptors (Lipinski definition) is 6. The first kappa shape index (κ1) is 28.3. The summed E-state index contributed by atoms with van der Waals surface area (Å²) in [4.78, 5) is 41.1. The Morgan fingerprint density at radius 3 is 2.38 bits per heavy atom. The molecule has 3 amide bonds. The summed E-state index contributed by atoms with van der Waals surface area (Å²) in [6.45, 7) is 3.99. The lowest BCUT2D eigenvalue weighted by atomic mass is 9.73. The summed E-state index contributed by atoms with van der Waals surface area (Å²) in [6.07, 6.45) is 0.894. The highest BCUT2D eigenvalue weighted by Gasteiger charge is 2.52. The lowest BCUT2D eigenvalue weighted by Gasteiger charge is -2.40. The highest BCUT2D eigenvalue weighted by molar-refractivity contribution is 6.13. The maximum absolute atomic E-state index is 13.7. The lowest BCUT2D eigenvalue weighted by Crippen LogP contribution is -2.61. The van der Waals surface area contributed by atoms with Gasteiger partial charge >= 0.3 is 0 Å².